The highest BCUT2D eigenvalue weighted by Crippen LogP contribution is 2.33. The first-order valence-electron chi connectivity index (χ1n) is 16.1. The number of piperidine rings is 1. The van der Waals surface area contributed by atoms with Crippen molar-refractivity contribution in [2.45, 2.75) is 44.6 Å². The molecule has 2 aromatic carbocycles. The van der Waals surface area contributed by atoms with Crippen molar-refractivity contribution in [2.75, 3.05) is 52.5 Å². The van der Waals surface area contributed by atoms with E-state index in [0.717, 1.165) is 37.9 Å². The van der Waals surface area contributed by atoms with Crippen LogP contribution >= 0.6 is 0 Å². The zero-order valence-corrected chi connectivity index (χ0v) is 27.2. The first-order valence-corrected chi connectivity index (χ1v) is 17.5. The second-order valence-corrected chi connectivity index (χ2v) is 14.5. The van der Waals surface area contributed by atoms with Crippen LogP contribution in [0.3, 0.4) is 0 Å². The van der Waals surface area contributed by atoms with Gasteiger partial charge in [-0.15, -0.1) is 5.10 Å². The lowest BCUT2D eigenvalue weighted by Crippen LogP contribution is -2.41. The Balaban J connectivity index is 1.04. The summed E-state index contributed by atoms with van der Waals surface area (Å²) < 4.78 is 49.8. The predicted molar refractivity (Wildman–Crippen MR) is 173 cm³/mol. The number of likely N-dealkylation sites (tertiary alicyclic amines) is 1. The molecular formula is C33H42FN7O4S. The first kappa shape index (κ1) is 32.3. The van der Waals surface area contributed by atoms with Crippen molar-refractivity contribution in [1.29, 1.82) is 0 Å². The number of aromatic amines is 1. The number of aromatic nitrogens is 4. The minimum atomic E-state index is -3.55. The Morgan fingerprint density at radius 1 is 1.09 bits per heavy atom. The van der Waals surface area contributed by atoms with Crippen LogP contribution < -0.4 is 4.72 Å². The maximum Gasteiger partial charge on any atom is 0.271 e. The summed E-state index contributed by atoms with van der Waals surface area (Å²) in [7, 11) is -3.55. The molecule has 11 nitrogen and oxygen atoms in total. The molecule has 2 fully saturated rings. The van der Waals surface area contributed by atoms with E-state index in [0.29, 0.717) is 90.5 Å². The molecule has 2 saturated heterocycles. The number of ether oxygens (including phenoxy) is 1. The highest BCUT2D eigenvalue weighted by Gasteiger charge is 2.27. The van der Waals surface area contributed by atoms with Gasteiger partial charge in [-0.3, -0.25) is 9.48 Å². The fourth-order valence-electron chi connectivity index (χ4n) is 6.37. The summed E-state index contributed by atoms with van der Waals surface area (Å²) in [4.78, 5) is 21.0. The van der Waals surface area contributed by atoms with Crippen LogP contribution in [-0.2, 0) is 27.7 Å². The fourth-order valence-corrected chi connectivity index (χ4v) is 7.39. The van der Waals surface area contributed by atoms with Crippen LogP contribution in [0.15, 0.2) is 53.6 Å². The van der Waals surface area contributed by atoms with Gasteiger partial charge in [0, 0.05) is 49.2 Å². The number of benzene rings is 2. The number of fused-ring (bicyclic) bond motifs is 1. The van der Waals surface area contributed by atoms with E-state index in [2.05, 4.69) is 38.8 Å². The molecular weight excluding hydrogens is 609 g/mol. The van der Waals surface area contributed by atoms with E-state index in [4.69, 9.17) is 4.74 Å². The molecule has 0 spiro atoms. The lowest BCUT2D eigenvalue weighted by molar-refractivity contribution is 0.0300. The Kier molecular flexibility index (Phi) is 9.83. The number of sulfonamides is 1. The van der Waals surface area contributed by atoms with E-state index in [1.807, 2.05) is 18.3 Å². The van der Waals surface area contributed by atoms with Gasteiger partial charge < -0.3 is 19.5 Å². The normalized spacial score (nSPS) is 16.9. The topological polar surface area (TPSA) is 125 Å². The van der Waals surface area contributed by atoms with Gasteiger partial charge in [0.05, 0.1) is 24.3 Å². The molecule has 6 rings (SSSR count). The molecule has 4 heterocycles. The fraction of sp³-hybridized carbons (Fsp3) is 0.485. The Morgan fingerprint density at radius 3 is 2.54 bits per heavy atom. The molecule has 1 amide bonds. The van der Waals surface area contributed by atoms with Gasteiger partial charge in [0.2, 0.25) is 10.0 Å². The molecule has 246 valence electrons. The van der Waals surface area contributed by atoms with Crippen LogP contribution in [0.5, 0.6) is 0 Å². The van der Waals surface area contributed by atoms with E-state index in [1.165, 1.54) is 12.1 Å². The molecule has 2 N–H and O–H groups in total. The van der Waals surface area contributed by atoms with Gasteiger partial charge in [0.25, 0.3) is 5.91 Å². The van der Waals surface area contributed by atoms with Crippen LogP contribution in [0.2, 0.25) is 0 Å². The number of H-pyrrole nitrogens is 1. The van der Waals surface area contributed by atoms with Crippen molar-refractivity contribution in [3.63, 3.8) is 0 Å². The smallest absolute Gasteiger partial charge is 0.271 e. The summed E-state index contributed by atoms with van der Waals surface area (Å²) in [5.74, 6) is 0.336. The van der Waals surface area contributed by atoms with Crippen LogP contribution in [0.1, 0.15) is 42.7 Å². The predicted octanol–water partition coefficient (Wildman–Crippen LogP) is 3.93. The Labute approximate surface area is 269 Å². The van der Waals surface area contributed by atoms with Crippen molar-refractivity contribution in [3.8, 4) is 11.3 Å². The van der Waals surface area contributed by atoms with E-state index in [9.17, 15) is 17.6 Å². The molecule has 0 atom stereocenters. The number of halogens is 1. The van der Waals surface area contributed by atoms with Gasteiger partial charge in [0.15, 0.2) is 0 Å². The summed E-state index contributed by atoms with van der Waals surface area (Å²) >= 11 is 0. The molecule has 0 bridgehead atoms. The number of hydrogen-bond donors (Lipinski definition) is 2. The molecule has 0 aliphatic carbocycles. The van der Waals surface area contributed by atoms with Crippen molar-refractivity contribution >= 4 is 26.8 Å². The number of amides is 1. The average Bonchev–Trinajstić information content (AvgIpc) is 3.66. The summed E-state index contributed by atoms with van der Waals surface area (Å²) in [5.41, 5.74) is 3.25. The zero-order valence-electron chi connectivity index (χ0n) is 26.4. The molecule has 2 aliphatic heterocycles. The molecule has 0 unspecified atom stereocenters. The van der Waals surface area contributed by atoms with Gasteiger partial charge in [0.1, 0.15) is 17.2 Å². The highest BCUT2D eigenvalue weighted by atomic mass is 32.2. The molecule has 2 aliphatic rings. The summed E-state index contributed by atoms with van der Waals surface area (Å²) in [6.45, 7) is 9.61. The Hall–Kier alpha value is -3.65. The Bertz CT molecular complexity index is 1760. The van der Waals surface area contributed by atoms with Crippen LogP contribution in [0, 0.1) is 17.7 Å². The SMILES string of the molecule is CC(C)Cc1ccc(S(=O)(=O)NCCN2CCC(Cn3cc(-c4c(C(=O)N5CCOCC5)[nH]c5ccc(F)cc45)nn3)CC2)cc1. The third-order valence-electron chi connectivity index (χ3n) is 8.82. The van der Waals surface area contributed by atoms with Crippen LogP contribution in [0.25, 0.3) is 22.2 Å². The number of carbonyl (C=O) groups is 1. The average molecular weight is 652 g/mol. The van der Waals surface area contributed by atoms with Gasteiger partial charge in [-0.2, -0.15) is 0 Å². The van der Waals surface area contributed by atoms with E-state index < -0.39 is 10.0 Å². The maximum absolute atomic E-state index is 14.3. The number of morpholine rings is 1. The third-order valence-corrected chi connectivity index (χ3v) is 10.3. The monoisotopic (exact) mass is 651 g/mol. The highest BCUT2D eigenvalue weighted by molar-refractivity contribution is 7.89. The van der Waals surface area contributed by atoms with E-state index >= 15 is 0 Å². The molecule has 13 heteroatoms. The van der Waals surface area contributed by atoms with Crippen molar-refractivity contribution in [1.82, 2.24) is 34.5 Å². The summed E-state index contributed by atoms with van der Waals surface area (Å²) in [6, 6.07) is 11.6. The molecule has 0 saturated carbocycles. The number of hydrogen-bond acceptors (Lipinski definition) is 7. The number of rotatable bonds is 11. The summed E-state index contributed by atoms with van der Waals surface area (Å²) in [5, 5.41) is 9.38. The molecule has 46 heavy (non-hydrogen) atoms. The largest absolute Gasteiger partial charge is 0.378 e. The lowest BCUT2D eigenvalue weighted by Gasteiger charge is -2.31. The molecule has 2 aromatic heterocycles. The molecule has 0 radical (unpaired) electrons. The number of nitrogens with zero attached hydrogens (tertiary/aromatic N) is 5. The van der Waals surface area contributed by atoms with Gasteiger partial charge >= 0.3 is 0 Å². The van der Waals surface area contributed by atoms with E-state index in [1.54, 1.807) is 27.8 Å². The van der Waals surface area contributed by atoms with E-state index in [-0.39, 0.29) is 11.7 Å². The minimum Gasteiger partial charge on any atom is -0.378 e. The third kappa shape index (κ3) is 7.49. The second-order valence-electron chi connectivity index (χ2n) is 12.7. The standard InChI is InChI=1S/C33H42FN7O4S/c1-23(2)19-24-3-6-27(7-4-24)46(43,44)35-11-14-39-12-9-25(10-13-39)21-41-22-30(37-38-41)31-28-20-26(34)5-8-29(28)36-32(31)33(42)40-15-17-45-18-16-40/h3-8,20,22-23,25,35-36H,9-19,21H2,1-2H3. The maximum atomic E-state index is 14.3. The lowest BCUT2D eigenvalue weighted by atomic mass is 9.97. The van der Waals surface area contributed by atoms with Gasteiger partial charge in [-0.25, -0.2) is 17.5 Å². The quantitative estimate of drug-likeness (QED) is 0.252. The van der Waals surface area contributed by atoms with Crippen molar-refractivity contribution in [2.24, 2.45) is 11.8 Å². The van der Waals surface area contributed by atoms with Gasteiger partial charge in [-0.1, -0.05) is 31.2 Å². The van der Waals surface area contributed by atoms with Crippen LogP contribution in [0.4, 0.5) is 4.39 Å². The number of carbonyl (C=O) groups excluding carboxylic acids is 1. The zero-order chi connectivity index (χ0) is 32.3. The Morgan fingerprint density at radius 2 is 1.83 bits per heavy atom. The molecule has 4 aromatic rings. The second kappa shape index (κ2) is 14.0. The van der Waals surface area contributed by atoms with Gasteiger partial charge in [-0.05, 0) is 80.1 Å². The van der Waals surface area contributed by atoms with Crippen molar-refractivity contribution in [3.05, 3.63) is 65.7 Å². The van der Waals surface area contributed by atoms with Crippen LogP contribution in [-0.4, -0.2) is 96.6 Å². The first-order chi connectivity index (χ1) is 22.2. The minimum absolute atomic E-state index is 0.168. The number of nitrogens with one attached hydrogen (secondary N) is 2. The van der Waals surface area contributed by atoms with Crippen molar-refractivity contribution < 1.29 is 22.3 Å². The summed E-state index contributed by atoms with van der Waals surface area (Å²) in [6.07, 6.45) is 4.64.